The minimum Gasteiger partial charge on any atom is -0.0885 e. The Balaban J connectivity index is 2.20. The Labute approximate surface area is 77.1 Å². The van der Waals surface area contributed by atoms with E-state index in [0.717, 1.165) is 12.3 Å². The van der Waals surface area contributed by atoms with Crippen LogP contribution in [0.15, 0.2) is 12.2 Å². The maximum Gasteiger partial charge on any atom is -0.0322 e. The fourth-order valence-corrected chi connectivity index (χ4v) is 1.91. The molecule has 1 rings (SSSR count). The molecule has 1 aliphatic rings. The third-order valence-electron chi connectivity index (χ3n) is 2.73. The first-order chi connectivity index (χ1) is 5.93. The third-order valence-corrected chi connectivity index (χ3v) is 2.73. The highest BCUT2D eigenvalue weighted by Crippen LogP contribution is 2.22. The molecule has 0 amide bonds. The lowest BCUT2D eigenvalue weighted by Crippen LogP contribution is -2.00. The quantitative estimate of drug-likeness (QED) is 0.552. The molecule has 0 fully saturated rings. The zero-order valence-corrected chi connectivity index (χ0v) is 8.10. The summed E-state index contributed by atoms with van der Waals surface area (Å²) in [7, 11) is 0. The van der Waals surface area contributed by atoms with E-state index in [9.17, 15) is 0 Å². The lowest BCUT2D eigenvalue weighted by atomic mass is 9.90. The van der Waals surface area contributed by atoms with Gasteiger partial charge in [-0.1, -0.05) is 51.2 Å². The summed E-state index contributed by atoms with van der Waals surface area (Å²) < 4.78 is 0. The van der Waals surface area contributed by atoms with Gasteiger partial charge in [0.15, 0.2) is 0 Å². The number of hydrogen-bond acceptors (Lipinski definition) is 0. The predicted octanol–water partition coefficient (Wildman–Crippen LogP) is 4.13. The number of rotatable bonds is 3. The van der Waals surface area contributed by atoms with E-state index in [2.05, 4.69) is 19.1 Å². The SMILES string of the molecule is [CH2]CCCC1C/C=C\CCCC1. The topological polar surface area (TPSA) is 0 Å². The van der Waals surface area contributed by atoms with Crippen LogP contribution in [0.3, 0.4) is 0 Å². The summed E-state index contributed by atoms with van der Waals surface area (Å²) in [6.45, 7) is 3.89. The van der Waals surface area contributed by atoms with Gasteiger partial charge in [0.05, 0.1) is 0 Å². The van der Waals surface area contributed by atoms with Gasteiger partial charge in [-0.3, -0.25) is 0 Å². The van der Waals surface area contributed by atoms with E-state index in [4.69, 9.17) is 0 Å². The molecule has 0 saturated heterocycles. The van der Waals surface area contributed by atoms with Gasteiger partial charge in [0.1, 0.15) is 0 Å². The van der Waals surface area contributed by atoms with E-state index in [-0.39, 0.29) is 0 Å². The Kier molecular flexibility index (Phi) is 5.14. The second kappa shape index (κ2) is 6.28. The molecule has 1 unspecified atom stereocenters. The van der Waals surface area contributed by atoms with Gasteiger partial charge in [-0.15, -0.1) is 0 Å². The van der Waals surface area contributed by atoms with Crippen molar-refractivity contribution in [2.75, 3.05) is 0 Å². The van der Waals surface area contributed by atoms with Crippen LogP contribution in [0.1, 0.15) is 51.4 Å². The van der Waals surface area contributed by atoms with Crippen LogP contribution in [-0.2, 0) is 0 Å². The van der Waals surface area contributed by atoms with Crippen molar-refractivity contribution in [3.63, 3.8) is 0 Å². The lowest BCUT2D eigenvalue weighted by molar-refractivity contribution is 0.418. The molecule has 0 saturated carbocycles. The van der Waals surface area contributed by atoms with Crippen molar-refractivity contribution in [3.8, 4) is 0 Å². The van der Waals surface area contributed by atoms with Crippen molar-refractivity contribution >= 4 is 0 Å². The molecule has 0 aromatic carbocycles. The Hall–Kier alpha value is -0.260. The van der Waals surface area contributed by atoms with Crippen molar-refractivity contribution in [2.45, 2.75) is 51.4 Å². The van der Waals surface area contributed by atoms with E-state index in [0.29, 0.717) is 0 Å². The molecule has 0 aromatic rings. The second-order valence-corrected chi connectivity index (χ2v) is 3.85. The lowest BCUT2D eigenvalue weighted by Gasteiger charge is -2.15. The van der Waals surface area contributed by atoms with Gasteiger partial charge in [-0.05, 0) is 25.2 Å². The van der Waals surface area contributed by atoms with Crippen molar-refractivity contribution in [1.82, 2.24) is 0 Å². The van der Waals surface area contributed by atoms with Crippen molar-refractivity contribution < 1.29 is 0 Å². The first-order valence-corrected chi connectivity index (χ1v) is 5.37. The molecule has 69 valence electrons. The van der Waals surface area contributed by atoms with E-state index >= 15 is 0 Å². The molecule has 0 heteroatoms. The molecule has 1 radical (unpaired) electrons. The minimum atomic E-state index is 0.961. The summed E-state index contributed by atoms with van der Waals surface area (Å²) in [4.78, 5) is 0. The fourth-order valence-electron chi connectivity index (χ4n) is 1.91. The maximum absolute atomic E-state index is 3.89. The van der Waals surface area contributed by atoms with Gasteiger partial charge in [0.25, 0.3) is 0 Å². The average molecular weight is 165 g/mol. The fraction of sp³-hybridized carbons (Fsp3) is 0.750. The number of hydrogen-bond donors (Lipinski definition) is 0. The molecule has 1 atom stereocenters. The molecule has 0 nitrogen and oxygen atoms in total. The highest BCUT2D eigenvalue weighted by Gasteiger charge is 2.07. The van der Waals surface area contributed by atoms with Gasteiger partial charge in [-0.25, -0.2) is 0 Å². The smallest absolute Gasteiger partial charge is 0.0322 e. The summed E-state index contributed by atoms with van der Waals surface area (Å²) in [5.41, 5.74) is 0. The first kappa shape index (κ1) is 9.83. The molecule has 0 aliphatic heterocycles. The van der Waals surface area contributed by atoms with E-state index in [1.807, 2.05) is 0 Å². The van der Waals surface area contributed by atoms with Gasteiger partial charge in [-0.2, -0.15) is 0 Å². The monoisotopic (exact) mass is 165 g/mol. The number of allylic oxidation sites excluding steroid dienone is 2. The molecule has 0 spiro atoms. The molecule has 1 aliphatic carbocycles. The molecular weight excluding hydrogens is 144 g/mol. The molecule has 12 heavy (non-hydrogen) atoms. The summed E-state index contributed by atoms with van der Waals surface area (Å²) in [5, 5.41) is 0. The van der Waals surface area contributed by atoms with Gasteiger partial charge < -0.3 is 0 Å². The van der Waals surface area contributed by atoms with Crippen LogP contribution in [0.2, 0.25) is 0 Å². The van der Waals surface area contributed by atoms with Crippen LogP contribution in [-0.4, -0.2) is 0 Å². The van der Waals surface area contributed by atoms with Crippen LogP contribution in [0.25, 0.3) is 0 Å². The third kappa shape index (κ3) is 3.94. The molecular formula is C12H21. The average Bonchev–Trinajstić information content (AvgIpc) is 2.02. The summed E-state index contributed by atoms with van der Waals surface area (Å²) in [5.74, 6) is 0.961. The minimum absolute atomic E-state index is 0.961. The van der Waals surface area contributed by atoms with Crippen molar-refractivity contribution in [3.05, 3.63) is 19.1 Å². The molecule has 0 aromatic heterocycles. The van der Waals surface area contributed by atoms with Crippen LogP contribution >= 0.6 is 0 Å². The van der Waals surface area contributed by atoms with Gasteiger partial charge >= 0.3 is 0 Å². The van der Waals surface area contributed by atoms with Gasteiger partial charge in [0, 0.05) is 0 Å². The van der Waals surface area contributed by atoms with Gasteiger partial charge in [0.2, 0.25) is 0 Å². The van der Waals surface area contributed by atoms with Crippen molar-refractivity contribution in [1.29, 1.82) is 0 Å². The largest absolute Gasteiger partial charge is 0.0885 e. The van der Waals surface area contributed by atoms with E-state index < -0.39 is 0 Å². The zero-order valence-electron chi connectivity index (χ0n) is 8.10. The van der Waals surface area contributed by atoms with Crippen molar-refractivity contribution in [2.24, 2.45) is 5.92 Å². The highest BCUT2D eigenvalue weighted by molar-refractivity contribution is 4.86. The van der Waals surface area contributed by atoms with Crippen LogP contribution in [0, 0.1) is 12.8 Å². The Morgan fingerprint density at radius 1 is 1.25 bits per heavy atom. The highest BCUT2D eigenvalue weighted by atomic mass is 14.1. The Bertz CT molecular complexity index is 124. The normalized spacial score (nSPS) is 27.6. The Morgan fingerprint density at radius 3 is 3.00 bits per heavy atom. The van der Waals surface area contributed by atoms with Crippen LogP contribution in [0.4, 0.5) is 0 Å². The van der Waals surface area contributed by atoms with E-state index in [1.54, 1.807) is 0 Å². The summed E-state index contributed by atoms with van der Waals surface area (Å²) >= 11 is 0. The Morgan fingerprint density at radius 2 is 2.17 bits per heavy atom. The summed E-state index contributed by atoms with van der Waals surface area (Å²) in [6, 6.07) is 0. The molecule has 0 heterocycles. The predicted molar refractivity (Wildman–Crippen MR) is 54.9 cm³/mol. The molecule has 0 bridgehead atoms. The number of unbranched alkanes of at least 4 members (excludes halogenated alkanes) is 1. The summed E-state index contributed by atoms with van der Waals surface area (Å²) in [6.07, 6.45) is 15.5. The van der Waals surface area contributed by atoms with Crippen LogP contribution < -0.4 is 0 Å². The van der Waals surface area contributed by atoms with Crippen LogP contribution in [0.5, 0.6) is 0 Å². The standard InChI is InChI=1S/C12H21/c1-2-3-9-12-10-7-5-4-6-8-11-12/h5,7,12H,1-4,6,8-11H2/b7-5-. The zero-order chi connectivity index (χ0) is 8.65. The maximum atomic E-state index is 3.89. The molecule has 0 N–H and O–H groups in total. The second-order valence-electron chi connectivity index (χ2n) is 3.85. The first-order valence-electron chi connectivity index (χ1n) is 5.37. The van der Waals surface area contributed by atoms with E-state index in [1.165, 1.54) is 44.9 Å².